The Morgan fingerprint density at radius 2 is 1.94 bits per heavy atom. The third kappa shape index (κ3) is 2.31. The molecule has 2 heterocycles. The number of carbonyl (C=O) groups is 2. The smallest absolute Gasteiger partial charge is 0.242 e. The van der Waals surface area contributed by atoms with Gasteiger partial charge in [-0.15, -0.1) is 0 Å². The first-order valence-corrected chi connectivity index (χ1v) is 6.49. The molecule has 2 fully saturated rings. The van der Waals surface area contributed by atoms with E-state index in [9.17, 15) is 9.59 Å². The third-order valence-corrected chi connectivity index (χ3v) is 3.91. The van der Waals surface area contributed by atoms with Crippen LogP contribution in [0.2, 0.25) is 0 Å². The minimum atomic E-state index is -0.219. The fourth-order valence-electron chi connectivity index (χ4n) is 2.75. The highest BCUT2D eigenvalue weighted by atomic mass is 16.2. The topological polar surface area (TPSA) is 49.4 Å². The second-order valence-corrected chi connectivity index (χ2v) is 6.21. The molecule has 4 heteroatoms. The lowest BCUT2D eigenvalue weighted by Crippen LogP contribution is -2.50. The van der Waals surface area contributed by atoms with Gasteiger partial charge in [0, 0.05) is 13.1 Å². The highest BCUT2D eigenvalue weighted by Crippen LogP contribution is 2.31. The van der Waals surface area contributed by atoms with Crippen LogP contribution < -0.4 is 5.32 Å². The molecule has 0 spiro atoms. The molecule has 96 valence electrons. The van der Waals surface area contributed by atoms with Crippen LogP contribution in [0.4, 0.5) is 0 Å². The largest absolute Gasteiger partial charge is 0.353 e. The number of amides is 2. The summed E-state index contributed by atoms with van der Waals surface area (Å²) in [5.41, 5.74) is -0.100. The SMILES string of the molecule is CC(C)(C)C1CNC(=O)C2CCCCN2C1=O. The highest BCUT2D eigenvalue weighted by Gasteiger charge is 2.42. The van der Waals surface area contributed by atoms with E-state index >= 15 is 0 Å². The molecule has 0 aliphatic carbocycles. The van der Waals surface area contributed by atoms with Gasteiger partial charge in [0.25, 0.3) is 0 Å². The van der Waals surface area contributed by atoms with Gasteiger partial charge in [-0.2, -0.15) is 0 Å². The van der Waals surface area contributed by atoms with Crippen molar-refractivity contribution in [2.75, 3.05) is 13.1 Å². The lowest BCUT2D eigenvalue weighted by Gasteiger charge is -2.36. The van der Waals surface area contributed by atoms with Gasteiger partial charge in [-0.3, -0.25) is 9.59 Å². The van der Waals surface area contributed by atoms with Crippen LogP contribution in [0.1, 0.15) is 40.0 Å². The van der Waals surface area contributed by atoms with Gasteiger partial charge in [0.2, 0.25) is 11.8 Å². The summed E-state index contributed by atoms with van der Waals surface area (Å²) in [4.78, 5) is 26.3. The monoisotopic (exact) mass is 238 g/mol. The van der Waals surface area contributed by atoms with Crippen molar-refractivity contribution in [3.05, 3.63) is 0 Å². The zero-order valence-corrected chi connectivity index (χ0v) is 11.0. The number of rotatable bonds is 0. The van der Waals surface area contributed by atoms with Crippen LogP contribution in [0.15, 0.2) is 0 Å². The zero-order valence-electron chi connectivity index (χ0n) is 11.0. The molecule has 2 aliphatic rings. The summed E-state index contributed by atoms with van der Waals surface area (Å²) in [5.74, 6) is 0.0832. The molecule has 1 N–H and O–H groups in total. The average Bonchev–Trinajstić information content (AvgIpc) is 2.38. The standard InChI is InChI=1S/C13H22N2O2/c1-13(2,3)9-8-14-11(16)10-6-4-5-7-15(10)12(9)17/h9-10H,4-8H2,1-3H3,(H,14,16). The number of hydrogen-bond acceptors (Lipinski definition) is 2. The third-order valence-electron chi connectivity index (χ3n) is 3.91. The molecule has 0 aromatic carbocycles. The lowest BCUT2D eigenvalue weighted by atomic mass is 9.79. The summed E-state index contributed by atoms with van der Waals surface area (Å²) in [6, 6.07) is -0.219. The summed E-state index contributed by atoms with van der Waals surface area (Å²) >= 11 is 0. The molecule has 2 amide bonds. The predicted octanol–water partition coefficient (Wildman–Crippen LogP) is 1.16. The van der Waals surface area contributed by atoms with Gasteiger partial charge >= 0.3 is 0 Å². The number of carbonyl (C=O) groups excluding carboxylic acids is 2. The highest BCUT2D eigenvalue weighted by molar-refractivity contribution is 5.91. The van der Waals surface area contributed by atoms with Crippen molar-refractivity contribution in [1.82, 2.24) is 10.2 Å². The second kappa shape index (κ2) is 4.31. The first-order valence-electron chi connectivity index (χ1n) is 6.49. The Hall–Kier alpha value is -1.06. The first-order chi connectivity index (χ1) is 7.91. The van der Waals surface area contributed by atoms with Gasteiger partial charge in [-0.05, 0) is 24.7 Å². The van der Waals surface area contributed by atoms with E-state index in [0.29, 0.717) is 6.54 Å². The van der Waals surface area contributed by atoms with Crippen LogP contribution in [0, 0.1) is 11.3 Å². The maximum absolute atomic E-state index is 12.5. The van der Waals surface area contributed by atoms with E-state index in [1.807, 2.05) is 4.90 Å². The van der Waals surface area contributed by atoms with E-state index in [0.717, 1.165) is 25.8 Å². The Morgan fingerprint density at radius 3 is 2.59 bits per heavy atom. The van der Waals surface area contributed by atoms with Gasteiger partial charge in [-0.25, -0.2) is 0 Å². The molecule has 0 bridgehead atoms. The van der Waals surface area contributed by atoms with Crippen molar-refractivity contribution in [3.8, 4) is 0 Å². The van der Waals surface area contributed by atoms with Crippen molar-refractivity contribution >= 4 is 11.8 Å². The molecule has 0 aromatic rings. The van der Waals surface area contributed by atoms with Gasteiger partial charge in [0.05, 0.1) is 5.92 Å². The van der Waals surface area contributed by atoms with E-state index in [-0.39, 0.29) is 29.2 Å². The second-order valence-electron chi connectivity index (χ2n) is 6.21. The van der Waals surface area contributed by atoms with E-state index in [1.54, 1.807) is 0 Å². The van der Waals surface area contributed by atoms with Crippen LogP contribution in [0.3, 0.4) is 0 Å². The summed E-state index contributed by atoms with van der Waals surface area (Å²) in [6.45, 7) is 7.40. The average molecular weight is 238 g/mol. The number of nitrogens with one attached hydrogen (secondary N) is 1. The quantitative estimate of drug-likeness (QED) is 0.688. The van der Waals surface area contributed by atoms with Crippen LogP contribution >= 0.6 is 0 Å². The molecule has 0 saturated carbocycles. The number of nitrogens with zero attached hydrogens (tertiary/aromatic N) is 1. The minimum Gasteiger partial charge on any atom is -0.353 e. The summed E-state index contributed by atoms with van der Waals surface area (Å²) in [5, 5.41) is 2.93. The van der Waals surface area contributed by atoms with E-state index < -0.39 is 0 Å². The maximum Gasteiger partial charge on any atom is 0.242 e. The van der Waals surface area contributed by atoms with Gasteiger partial charge in [0.15, 0.2) is 0 Å². The number of fused-ring (bicyclic) bond motifs is 1. The number of piperidine rings is 1. The lowest BCUT2D eigenvalue weighted by molar-refractivity contribution is -0.144. The van der Waals surface area contributed by atoms with Gasteiger partial charge in [-0.1, -0.05) is 20.8 Å². The molecule has 4 nitrogen and oxygen atoms in total. The Kier molecular flexibility index (Phi) is 3.15. The van der Waals surface area contributed by atoms with Crippen LogP contribution in [0.5, 0.6) is 0 Å². The molecule has 17 heavy (non-hydrogen) atoms. The minimum absolute atomic E-state index is 0.0322. The maximum atomic E-state index is 12.5. The van der Waals surface area contributed by atoms with E-state index in [1.165, 1.54) is 0 Å². The molecule has 2 aliphatic heterocycles. The predicted molar refractivity (Wildman–Crippen MR) is 65.3 cm³/mol. The molecular weight excluding hydrogens is 216 g/mol. The van der Waals surface area contributed by atoms with Crippen molar-refractivity contribution in [2.45, 2.75) is 46.1 Å². The number of hydrogen-bond donors (Lipinski definition) is 1. The van der Waals surface area contributed by atoms with E-state index in [4.69, 9.17) is 0 Å². The van der Waals surface area contributed by atoms with Crippen molar-refractivity contribution in [3.63, 3.8) is 0 Å². The Bertz CT molecular complexity index is 333. The molecular formula is C13H22N2O2. The van der Waals surface area contributed by atoms with Gasteiger partial charge < -0.3 is 10.2 Å². The molecule has 2 unspecified atom stereocenters. The fraction of sp³-hybridized carbons (Fsp3) is 0.846. The van der Waals surface area contributed by atoms with Crippen LogP contribution in [0.25, 0.3) is 0 Å². The summed E-state index contributed by atoms with van der Waals surface area (Å²) in [6.07, 6.45) is 2.88. The Balaban J connectivity index is 2.26. The van der Waals surface area contributed by atoms with Crippen LogP contribution in [-0.2, 0) is 9.59 Å². The normalized spacial score (nSPS) is 30.6. The van der Waals surface area contributed by atoms with Crippen molar-refractivity contribution < 1.29 is 9.59 Å². The Morgan fingerprint density at radius 1 is 1.24 bits per heavy atom. The van der Waals surface area contributed by atoms with Crippen molar-refractivity contribution in [2.24, 2.45) is 11.3 Å². The summed E-state index contributed by atoms with van der Waals surface area (Å²) in [7, 11) is 0. The zero-order chi connectivity index (χ0) is 12.6. The Labute approximate surface area is 103 Å². The van der Waals surface area contributed by atoms with Crippen molar-refractivity contribution in [1.29, 1.82) is 0 Å². The molecule has 2 atom stereocenters. The van der Waals surface area contributed by atoms with Crippen LogP contribution in [-0.4, -0.2) is 35.8 Å². The molecule has 2 saturated heterocycles. The fourth-order valence-corrected chi connectivity index (χ4v) is 2.75. The summed E-state index contributed by atoms with van der Waals surface area (Å²) < 4.78 is 0. The molecule has 2 rings (SSSR count). The first kappa shape index (κ1) is 12.4. The van der Waals surface area contributed by atoms with Gasteiger partial charge in [0.1, 0.15) is 6.04 Å². The molecule has 0 radical (unpaired) electrons. The van der Waals surface area contributed by atoms with E-state index in [2.05, 4.69) is 26.1 Å². The molecule has 0 aromatic heterocycles.